The molecule has 0 fully saturated rings. The van der Waals surface area contributed by atoms with E-state index in [0.717, 1.165) is 46.8 Å². The molecule has 2 aliphatic rings. The number of rotatable bonds is 4. The number of hydrogen-bond donors (Lipinski definition) is 1. The number of ether oxygens (including phenoxy) is 1. The van der Waals surface area contributed by atoms with Crippen molar-refractivity contribution in [2.75, 3.05) is 29.0 Å². The van der Waals surface area contributed by atoms with E-state index in [4.69, 9.17) is 4.74 Å². The lowest BCUT2D eigenvalue weighted by molar-refractivity contribution is -0.116. The average Bonchev–Trinajstić information content (AvgIpc) is 3.09. The van der Waals surface area contributed by atoms with Crippen molar-refractivity contribution in [3.8, 4) is 0 Å². The Hall–Kier alpha value is -2.04. The van der Waals surface area contributed by atoms with E-state index in [1.54, 1.807) is 22.7 Å². The molecule has 30 heavy (non-hydrogen) atoms. The van der Waals surface area contributed by atoms with E-state index in [1.165, 1.54) is 37.5 Å². The number of sulfonamides is 1. The minimum Gasteiger partial charge on any atom is -0.465 e. The van der Waals surface area contributed by atoms with Crippen LogP contribution < -0.4 is 9.62 Å². The highest BCUT2D eigenvalue weighted by atomic mass is 32.2. The van der Waals surface area contributed by atoms with Crippen LogP contribution in [0.15, 0.2) is 28.0 Å². The van der Waals surface area contributed by atoms with Gasteiger partial charge in [0.05, 0.1) is 23.3 Å². The SMILES string of the molecule is COC(=O)c1c(NS(=O)(=O)c2ccc3c(c2)N(C(C)=O)CCS3)sc2c1CCCC2. The predicted molar refractivity (Wildman–Crippen MR) is 118 cm³/mol. The van der Waals surface area contributed by atoms with Crippen molar-refractivity contribution < 1.29 is 22.7 Å². The Labute approximate surface area is 183 Å². The number of nitrogens with one attached hydrogen (secondary N) is 1. The van der Waals surface area contributed by atoms with Crippen LogP contribution in [0.3, 0.4) is 0 Å². The summed E-state index contributed by atoms with van der Waals surface area (Å²) >= 11 is 2.89. The number of thiophene rings is 1. The van der Waals surface area contributed by atoms with E-state index >= 15 is 0 Å². The quantitative estimate of drug-likeness (QED) is 0.691. The second-order valence-electron chi connectivity index (χ2n) is 7.16. The first-order valence-corrected chi connectivity index (χ1v) is 12.9. The lowest BCUT2D eigenvalue weighted by Gasteiger charge is -2.28. The maximum Gasteiger partial charge on any atom is 0.341 e. The molecule has 10 heteroatoms. The lowest BCUT2D eigenvalue weighted by atomic mass is 9.95. The summed E-state index contributed by atoms with van der Waals surface area (Å²) in [6.45, 7) is 2.01. The second-order valence-corrected chi connectivity index (χ2v) is 11.1. The number of benzene rings is 1. The van der Waals surface area contributed by atoms with E-state index in [1.807, 2.05) is 0 Å². The molecule has 1 N–H and O–H groups in total. The number of nitrogens with zero attached hydrogens (tertiary/aromatic N) is 1. The molecular formula is C20H22N2O5S3. The number of carbonyl (C=O) groups excluding carboxylic acids is 2. The van der Waals surface area contributed by atoms with Crippen molar-refractivity contribution in [2.45, 2.75) is 42.4 Å². The molecule has 0 saturated heterocycles. The summed E-state index contributed by atoms with van der Waals surface area (Å²) in [5.41, 5.74) is 1.81. The molecule has 1 aliphatic carbocycles. The fraction of sp³-hybridized carbons (Fsp3) is 0.400. The Morgan fingerprint density at radius 2 is 1.97 bits per heavy atom. The van der Waals surface area contributed by atoms with Gasteiger partial charge in [0, 0.05) is 29.0 Å². The monoisotopic (exact) mass is 466 g/mol. The Balaban J connectivity index is 1.73. The van der Waals surface area contributed by atoms with Crippen LogP contribution in [0.2, 0.25) is 0 Å². The zero-order chi connectivity index (χ0) is 21.5. The minimum atomic E-state index is -3.95. The largest absolute Gasteiger partial charge is 0.465 e. The van der Waals surface area contributed by atoms with E-state index in [9.17, 15) is 18.0 Å². The first kappa shape index (κ1) is 21.2. The van der Waals surface area contributed by atoms with Crippen LogP contribution in [-0.2, 0) is 32.4 Å². The van der Waals surface area contributed by atoms with Gasteiger partial charge in [-0.3, -0.25) is 9.52 Å². The molecule has 0 radical (unpaired) electrons. The number of methoxy groups -OCH3 is 1. The Kier molecular flexibility index (Phi) is 5.82. The van der Waals surface area contributed by atoms with Crippen LogP contribution in [0.4, 0.5) is 10.7 Å². The van der Waals surface area contributed by atoms with Gasteiger partial charge in [0.2, 0.25) is 5.91 Å². The van der Waals surface area contributed by atoms with E-state index in [-0.39, 0.29) is 10.8 Å². The number of fused-ring (bicyclic) bond motifs is 2. The molecule has 2 aromatic rings. The molecule has 1 aromatic heterocycles. The van der Waals surface area contributed by atoms with Crippen LogP contribution in [0.5, 0.6) is 0 Å². The zero-order valence-corrected chi connectivity index (χ0v) is 19.1. The van der Waals surface area contributed by atoms with Crippen LogP contribution in [0.25, 0.3) is 0 Å². The highest BCUT2D eigenvalue weighted by Gasteiger charge is 2.30. The average molecular weight is 467 g/mol. The number of aryl methyl sites for hydroxylation is 1. The van der Waals surface area contributed by atoms with Gasteiger partial charge < -0.3 is 9.64 Å². The molecule has 2 heterocycles. The summed E-state index contributed by atoms with van der Waals surface area (Å²) in [4.78, 5) is 27.9. The summed E-state index contributed by atoms with van der Waals surface area (Å²) < 4.78 is 33.9. The first-order valence-electron chi connectivity index (χ1n) is 9.62. The third kappa shape index (κ3) is 3.83. The van der Waals surface area contributed by atoms with Crippen molar-refractivity contribution in [3.05, 3.63) is 34.2 Å². The fourth-order valence-electron chi connectivity index (χ4n) is 3.83. The minimum absolute atomic E-state index is 0.0530. The van der Waals surface area contributed by atoms with Crippen LogP contribution in [0.1, 0.15) is 40.6 Å². The van der Waals surface area contributed by atoms with Crippen LogP contribution in [0, 0.1) is 0 Å². The van der Waals surface area contributed by atoms with Gasteiger partial charge in [0.1, 0.15) is 5.00 Å². The van der Waals surface area contributed by atoms with E-state index in [2.05, 4.69) is 4.72 Å². The Bertz CT molecular complexity index is 1120. The number of carbonyl (C=O) groups is 2. The lowest BCUT2D eigenvalue weighted by Crippen LogP contribution is -2.33. The molecule has 0 atom stereocenters. The molecule has 4 rings (SSSR count). The number of thioether (sulfide) groups is 1. The van der Waals surface area contributed by atoms with Crippen molar-refractivity contribution in [3.63, 3.8) is 0 Å². The van der Waals surface area contributed by atoms with Gasteiger partial charge >= 0.3 is 5.97 Å². The molecule has 0 bridgehead atoms. The molecule has 0 unspecified atom stereocenters. The number of hydrogen-bond acceptors (Lipinski definition) is 7. The highest BCUT2D eigenvalue weighted by Crippen LogP contribution is 2.41. The van der Waals surface area contributed by atoms with Gasteiger partial charge in [-0.2, -0.15) is 0 Å². The van der Waals surface area contributed by atoms with Gasteiger partial charge in [-0.25, -0.2) is 13.2 Å². The number of amides is 1. The highest BCUT2D eigenvalue weighted by molar-refractivity contribution is 7.99. The van der Waals surface area contributed by atoms with Crippen molar-refractivity contribution in [2.24, 2.45) is 0 Å². The molecule has 0 spiro atoms. The van der Waals surface area contributed by atoms with Crippen molar-refractivity contribution in [1.82, 2.24) is 0 Å². The molecule has 1 amide bonds. The molecule has 1 aliphatic heterocycles. The summed E-state index contributed by atoms with van der Waals surface area (Å²) in [6.07, 6.45) is 3.55. The maximum absolute atomic E-state index is 13.2. The zero-order valence-electron chi connectivity index (χ0n) is 16.7. The second kappa shape index (κ2) is 8.24. The predicted octanol–water partition coefficient (Wildman–Crippen LogP) is 3.67. The van der Waals surface area contributed by atoms with Crippen molar-refractivity contribution >= 4 is 55.7 Å². The fourth-order valence-corrected chi connectivity index (χ4v) is 7.41. The van der Waals surface area contributed by atoms with Gasteiger partial charge in [0.15, 0.2) is 0 Å². The van der Waals surface area contributed by atoms with Crippen LogP contribution >= 0.6 is 23.1 Å². The van der Waals surface area contributed by atoms with Crippen molar-refractivity contribution in [1.29, 1.82) is 0 Å². The number of anilines is 2. The molecular weight excluding hydrogens is 444 g/mol. The van der Waals surface area contributed by atoms with Gasteiger partial charge in [-0.15, -0.1) is 23.1 Å². The summed E-state index contributed by atoms with van der Waals surface area (Å²) in [5, 5.41) is 0.296. The normalized spacial score (nSPS) is 15.9. The Morgan fingerprint density at radius 1 is 1.20 bits per heavy atom. The van der Waals surface area contributed by atoms with Crippen LogP contribution in [-0.4, -0.2) is 39.7 Å². The number of esters is 1. The third-order valence-corrected chi connectivity index (χ3v) is 9.00. The maximum atomic E-state index is 13.2. The topological polar surface area (TPSA) is 92.8 Å². The third-order valence-electron chi connectivity index (χ3n) is 5.27. The first-order chi connectivity index (χ1) is 14.3. The van der Waals surface area contributed by atoms with Gasteiger partial charge in [-0.05, 0) is 49.4 Å². The molecule has 0 saturated carbocycles. The van der Waals surface area contributed by atoms with E-state index in [0.29, 0.717) is 22.8 Å². The molecule has 160 valence electrons. The molecule has 1 aromatic carbocycles. The Morgan fingerprint density at radius 3 is 2.70 bits per heavy atom. The van der Waals surface area contributed by atoms with Gasteiger partial charge in [0.25, 0.3) is 10.0 Å². The summed E-state index contributed by atoms with van der Waals surface area (Å²) in [7, 11) is -2.66. The summed E-state index contributed by atoms with van der Waals surface area (Å²) in [6, 6.07) is 4.78. The molecule has 7 nitrogen and oxygen atoms in total. The van der Waals surface area contributed by atoms with E-state index < -0.39 is 16.0 Å². The smallest absolute Gasteiger partial charge is 0.341 e. The van der Waals surface area contributed by atoms with Gasteiger partial charge in [-0.1, -0.05) is 0 Å². The summed E-state index contributed by atoms with van der Waals surface area (Å²) in [5.74, 6) is 0.106. The standard InChI is InChI=1S/C20H22N2O5S3/c1-12(23)22-9-10-28-17-8-7-13(11-15(17)22)30(25,26)21-19-18(20(24)27-2)14-5-3-4-6-16(14)29-19/h7-8,11,21H,3-6,9-10H2,1-2H3.